The highest BCUT2D eigenvalue weighted by atomic mass is 19.4. The summed E-state index contributed by atoms with van der Waals surface area (Å²) in [6.45, 7) is 14.8. The average molecular weight is 2020 g/mol. The van der Waals surface area contributed by atoms with Gasteiger partial charge < -0.3 is 161 Å². The molecule has 55 heteroatoms. The zero-order valence-corrected chi connectivity index (χ0v) is 80.7. The summed E-state index contributed by atoms with van der Waals surface area (Å²) < 4.78 is 31.7. The number of phenols is 2. The molecule has 0 aliphatic heterocycles. The topological polar surface area (TPSA) is 895 Å². The van der Waals surface area contributed by atoms with Crippen LogP contribution in [0.2, 0.25) is 0 Å². The summed E-state index contributed by atoms with van der Waals surface area (Å²) in [4.78, 5) is 256. The molecule has 17 amide bonds. The number of aromatic amines is 1. The number of H-pyrrole nitrogens is 1. The van der Waals surface area contributed by atoms with Crippen molar-refractivity contribution in [3.63, 3.8) is 0 Å². The predicted octanol–water partition coefficient (Wildman–Crippen LogP) is -7.41. The van der Waals surface area contributed by atoms with Gasteiger partial charge >= 0.3 is 12.1 Å². The molecule has 0 aliphatic carbocycles. The maximum absolute atomic E-state index is 15.1. The molecule has 2 aromatic carbocycles. The Labute approximate surface area is 816 Å². The van der Waals surface area contributed by atoms with Crippen molar-refractivity contribution >= 4 is 124 Å². The largest absolute Gasteiger partial charge is 0.508 e. The number of alkyl halides is 3. The van der Waals surface area contributed by atoms with Crippen molar-refractivity contribution in [1.29, 1.82) is 16.2 Å². The van der Waals surface area contributed by atoms with Crippen molar-refractivity contribution in [2.24, 2.45) is 63.8 Å². The van der Waals surface area contributed by atoms with Crippen LogP contribution in [0.25, 0.3) is 0 Å². The smallest absolute Gasteiger partial charge is 0.490 e. The SMILES string of the molecule is CC[C@H](C)[C@H](NC(=O)[C@H](Cc1ccc(O)cc1)NC(=O)[C@H](Cc1c[nH]cn1)NC(=O)[C@H](CCCNC(=N)N)NC(=O)[C@H](CC(C)C)NC(=O)[C@H](C)NC(=O)[C@@H](N)CO)C(=O)N[C@@H](CC(N)=O)C(=O)N[C@@H](CC(C)C)C(=O)N[C@H](C(=O)N[C@H](C(=O)N[C@@H](CCCNC(=N)N)C(=O)N[C@@H](CCC(N)=O)C(=O)N[C@@H](CCCNC(=N)N)C(=O)N[C@@H](Cc1ccc(O)cc1)C(N)=O)[C@@H](C)O)[C@@H](C)CC.O=C(O)C(F)(F)F. The Morgan fingerprint density at radius 1 is 0.408 bits per heavy atom. The molecule has 1 heterocycles. The number of carboxylic acid groups (broad SMARTS) is 1. The highest BCUT2D eigenvalue weighted by molar-refractivity contribution is 6.02. The third-order valence-corrected chi connectivity index (χ3v) is 21.7. The first kappa shape index (κ1) is 123. The van der Waals surface area contributed by atoms with E-state index < -0.39 is 271 Å². The van der Waals surface area contributed by atoms with E-state index in [1.54, 1.807) is 48.5 Å². The lowest BCUT2D eigenvalue weighted by Gasteiger charge is -2.31. The van der Waals surface area contributed by atoms with Crippen LogP contribution in [0.5, 0.6) is 11.5 Å². The molecule has 52 nitrogen and oxygen atoms in total. The van der Waals surface area contributed by atoms with Crippen molar-refractivity contribution in [2.75, 3.05) is 26.2 Å². The second-order valence-corrected chi connectivity index (χ2v) is 34.7. The Balaban J connectivity index is 0.00000935. The minimum absolute atomic E-state index is 0.00606. The van der Waals surface area contributed by atoms with E-state index in [0.29, 0.717) is 11.1 Å². The number of phenolic OH excluding ortho intramolecular Hbond substituents is 2. The molecular formula is C87H140F3N29O23. The molecule has 0 spiro atoms. The minimum Gasteiger partial charge on any atom is -0.508 e. The van der Waals surface area contributed by atoms with Gasteiger partial charge in [-0.2, -0.15) is 13.2 Å². The molecule has 3 aromatic rings. The van der Waals surface area contributed by atoms with Gasteiger partial charge in [0.25, 0.3) is 0 Å². The highest BCUT2D eigenvalue weighted by Gasteiger charge is 2.42. The lowest BCUT2D eigenvalue weighted by atomic mass is 9.95. The van der Waals surface area contributed by atoms with Gasteiger partial charge in [-0.15, -0.1) is 0 Å². The summed E-state index contributed by atoms with van der Waals surface area (Å²) in [5.41, 5.74) is 40.0. The summed E-state index contributed by atoms with van der Waals surface area (Å²) in [5.74, 6) is -24.1. The third kappa shape index (κ3) is 47.2. The predicted molar refractivity (Wildman–Crippen MR) is 506 cm³/mol. The molecule has 0 saturated heterocycles. The zero-order valence-electron chi connectivity index (χ0n) is 80.7. The lowest BCUT2D eigenvalue weighted by molar-refractivity contribution is -0.192. The number of aliphatic hydroxyl groups excluding tert-OH is 2. The van der Waals surface area contributed by atoms with Crippen molar-refractivity contribution in [1.82, 2.24) is 100 Å². The maximum atomic E-state index is 15.1. The number of rotatable bonds is 62. The van der Waals surface area contributed by atoms with E-state index in [2.05, 4.69) is 100 Å². The van der Waals surface area contributed by atoms with Crippen molar-refractivity contribution in [3.8, 4) is 11.5 Å². The number of aliphatic carboxylic acids is 1. The molecule has 792 valence electrons. The van der Waals surface area contributed by atoms with Gasteiger partial charge in [-0.3, -0.25) is 97.7 Å². The summed E-state index contributed by atoms with van der Waals surface area (Å²) >= 11 is 0. The molecule has 142 heavy (non-hydrogen) atoms. The molecule has 0 unspecified atom stereocenters. The molecule has 0 radical (unpaired) electrons. The Kier molecular flexibility index (Phi) is 54.1. The van der Waals surface area contributed by atoms with E-state index in [9.17, 15) is 106 Å². The number of hydrogen-bond acceptors (Lipinski definition) is 27. The molecule has 3 rings (SSSR count). The van der Waals surface area contributed by atoms with Crippen LogP contribution >= 0.6 is 0 Å². The third-order valence-electron chi connectivity index (χ3n) is 21.7. The molecule has 1 aromatic heterocycles. The summed E-state index contributed by atoms with van der Waals surface area (Å²) in [6, 6.07) is -12.7. The Hall–Kier alpha value is -14.8. The van der Waals surface area contributed by atoms with E-state index in [1.165, 1.54) is 74.9 Å². The van der Waals surface area contributed by atoms with Gasteiger partial charge in [0.1, 0.15) is 102 Å². The van der Waals surface area contributed by atoms with Crippen molar-refractivity contribution in [2.45, 2.75) is 275 Å². The molecule has 0 fully saturated rings. The fraction of sp³-hybridized carbons (Fsp3) is 0.586. The van der Waals surface area contributed by atoms with E-state index in [4.69, 9.17) is 66.3 Å². The lowest BCUT2D eigenvalue weighted by Crippen LogP contribution is -2.63. The fourth-order valence-corrected chi connectivity index (χ4v) is 13.5. The van der Waals surface area contributed by atoms with Crippen molar-refractivity contribution < 1.29 is 125 Å². The molecular weight excluding hydrogens is 1880 g/mol. The number of benzene rings is 2. The summed E-state index contributed by atoms with van der Waals surface area (Å²) in [5, 5.41) is 114. The van der Waals surface area contributed by atoms with E-state index in [0.717, 1.165) is 6.92 Å². The van der Waals surface area contributed by atoms with Crippen LogP contribution in [0, 0.1) is 39.9 Å². The monoisotopic (exact) mass is 2020 g/mol. The van der Waals surface area contributed by atoms with Crippen LogP contribution < -0.4 is 131 Å². The Morgan fingerprint density at radius 2 is 0.725 bits per heavy atom. The number of nitrogens with two attached hydrogens (primary N) is 7. The molecule has 40 N–H and O–H groups in total. The standard InChI is InChI=1S/C85H139N29O21.C2HF3O2/c1-11-43(7)65(112-79(132)60(35-48-21-25-51(118)26-22-48)109-76(129)61(36-49-38-96-40-100-49)110-73(126)54(17-14-30-98-84(92)93)103-75(128)58(32-41(3)4)107-69(122)45(9)101-70(123)52(86)39-115)80(133)111-62(37-64(88)120)77(130)108-59(33-42(5)6)78(131)113-66(44(8)12-2)81(134)114-67(46(10)116)82(135)105-55(18-15-31-99-85(94)95)71(124)104-56(27-28-63(87)119)74(127)102-53(16-13-29-97-83(90)91)72(125)106-57(68(89)121)34-47-19-23-50(117)24-20-47;3-2(4,5)1(6)7/h19-26,38,40-46,52-62,65-67,115-118H,11-18,27-37,39,86H2,1-10H3,(H2,87,119)(H2,88,120)(H2,89,121)(H,96,100)(H,101,123)(H,102,127)(H,103,128)(H,104,124)(H,105,135)(H,106,125)(H,107,122)(H,108,130)(H,109,129)(H,110,126)(H,111,133)(H,112,132)(H,113,131)(H,114,134)(H4,90,91,97)(H4,92,93,98)(H4,94,95,99);(H,6,7)/t43-,44-,45-,46+,52-,53-,54-,55-,56-,57-,58-,59-,60-,61-,62-,65-,66-,67-;/m0./s1. The number of carbonyl (C=O) groups is 18. The summed E-state index contributed by atoms with van der Waals surface area (Å²) in [6.07, 6.45) is -7.57. The van der Waals surface area contributed by atoms with E-state index in [1.807, 2.05) is 0 Å². The van der Waals surface area contributed by atoms with Crippen molar-refractivity contribution in [3.05, 3.63) is 77.9 Å². The van der Waals surface area contributed by atoms with Gasteiger partial charge in [0, 0.05) is 51.5 Å². The van der Waals surface area contributed by atoms with Crippen LogP contribution in [0.1, 0.15) is 170 Å². The fourth-order valence-electron chi connectivity index (χ4n) is 13.5. The maximum Gasteiger partial charge on any atom is 0.490 e. The molecule has 0 saturated carbocycles. The number of carbonyl (C=O) groups excluding carboxylic acids is 17. The van der Waals surface area contributed by atoms with Gasteiger partial charge in [-0.1, -0.05) is 92.5 Å². The number of hydrogen-bond donors (Lipinski definition) is 33. The first-order chi connectivity index (χ1) is 66.4. The minimum atomic E-state index is -5.08. The first-order valence-corrected chi connectivity index (χ1v) is 45.6. The molecule has 0 bridgehead atoms. The number of halogens is 3. The zero-order chi connectivity index (χ0) is 108. The number of amides is 17. The molecule has 0 aliphatic rings. The van der Waals surface area contributed by atoms with Crippen LogP contribution in [0.15, 0.2) is 61.1 Å². The van der Waals surface area contributed by atoms with Crippen LogP contribution in [0.3, 0.4) is 0 Å². The second-order valence-electron chi connectivity index (χ2n) is 34.7. The number of aromatic hydroxyl groups is 2. The van der Waals surface area contributed by atoms with E-state index >= 15 is 9.59 Å². The number of nitrogens with one attached hydrogen (secondary N) is 21. The highest BCUT2D eigenvalue weighted by Crippen LogP contribution is 2.20. The quantitative estimate of drug-likeness (QED) is 0.0142. The van der Waals surface area contributed by atoms with Gasteiger partial charge in [-0.25, -0.2) is 9.78 Å². The Morgan fingerprint density at radius 3 is 1.08 bits per heavy atom. The summed E-state index contributed by atoms with van der Waals surface area (Å²) in [7, 11) is 0. The van der Waals surface area contributed by atoms with Gasteiger partial charge in [0.15, 0.2) is 17.9 Å². The number of carboxylic acids is 1. The van der Waals surface area contributed by atoms with Crippen LogP contribution in [-0.4, -0.2) is 289 Å². The Bertz CT molecular complexity index is 4730. The number of guanidine groups is 3. The number of aromatic nitrogens is 2. The van der Waals surface area contributed by atoms with Crippen LogP contribution in [-0.2, 0) is 106 Å². The molecule has 18 atom stereocenters. The number of primary amides is 3. The number of imidazole rings is 1. The number of aliphatic hydroxyl groups is 2. The van der Waals surface area contributed by atoms with Crippen LogP contribution in [0.4, 0.5) is 13.2 Å². The van der Waals surface area contributed by atoms with E-state index in [-0.39, 0.29) is 126 Å². The first-order valence-electron chi connectivity index (χ1n) is 45.6. The normalized spacial score (nSPS) is 14.9. The second kappa shape index (κ2) is 62.3. The average Bonchev–Trinajstić information content (AvgIpc) is 1.19. The van der Waals surface area contributed by atoms with Gasteiger partial charge in [0.2, 0.25) is 100 Å². The van der Waals surface area contributed by atoms with Gasteiger partial charge in [0.05, 0.1) is 31.2 Å². The number of nitrogens with zero attached hydrogens (tertiary/aromatic N) is 1. The van der Waals surface area contributed by atoms with Gasteiger partial charge in [-0.05, 0) is 131 Å².